The SMILES string of the molecule is N#Cc1ccc2ccnc(NCCCN)c2c1. The number of benzene rings is 1. The quantitative estimate of drug-likeness (QED) is 0.780. The minimum Gasteiger partial charge on any atom is -0.370 e. The predicted octanol–water partition coefficient (Wildman–Crippen LogP) is 1.87. The predicted molar refractivity (Wildman–Crippen MR) is 68.6 cm³/mol. The van der Waals surface area contributed by atoms with Crippen molar-refractivity contribution in [2.75, 3.05) is 18.4 Å². The molecule has 0 fully saturated rings. The molecule has 0 aliphatic rings. The summed E-state index contributed by atoms with van der Waals surface area (Å²) in [6.07, 6.45) is 2.66. The van der Waals surface area contributed by atoms with Crippen molar-refractivity contribution in [2.45, 2.75) is 6.42 Å². The fraction of sp³-hybridized carbons (Fsp3) is 0.231. The van der Waals surface area contributed by atoms with Crippen LogP contribution in [0.4, 0.5) is 5.82 Å². The van der Waals surface area contributed by atoms with E-state index in [1.165, 1.54) is 0 Å². The molecular weight excluding hydrogens is 212 g/mol. The van der Waals surface area contributed by atoms with Gasteiger partial charge >= 0.3 is 0 Å². The second-order valence-electron chi connectivity index (χ2n) is 3.78. The van der Waals surface area contributed by atoms with Gasteiger partial charge in [-0.2, -0.15) is 5.26 Å². The summed E-state index contributed by atoms with van der Waals surface area (Å²) in [6.45, 7) is 1.45. The topological polar surface area (TPSA) is 74.7 Å². The molecule has 4 nitrogen and oxygen atoms in total. The Labute approximate surface area is 100 Å². The monoisotopic (exact) mass is 226 g/mol. The summed E-state index contributed by atoms with van der Waals surface area (Å²) in [5.74, 6) is 0.813. The van der Waals surface area contributed by atoms with Gasteiger partial charge in [-0.25, -0.2) is 4.98 Å². The zero-order valence-electron chi connectivity index (χ0n) is 9.48. The van der Waals surface area contributed by atoms with E-state index < -0.39 is 0 Å². The number of rotatable bonds is 4. The summed E-state index contributed by atoms with van der Waals surface area (Å²) in [6, 6.07) is 9.67. The Hall–Kier alpha value is -2.12. The molecule has 0 radical (unpaired) electrons. The van der Waals surface area contributed by atoms with Crippen LogP contribution in [0, 0.1) is 11.3 Å². The highest BCUT2D eigenvalue weighted by Gasteiger charge is 2.02. The highest BCUT2D eigenvalue weighted by molar-refractivity contribution is 5.92. The molecule has 86 valence electrons. The van der Waals surface area contributed by atoms with Crippen molar-refractivity contribution in [3.63, 3.8) is 0 Å². The van der Waals surface area contributed by atoms with E-state index in [9.17, 15) is 0 Å². The summed E-state index contributed by atoms with van der Waals surface area (Å²) < 4.78 is 0. The molecule has 0 bridgehead atoms. The number of nitrogens with zero attached hydrogens (tertiary/aromatic N) is 2. The van der Waals surface area contributed by atoms with E-state index in [-0.39, 0.29) is 0 Å². The molecule has 0 saturated heterocycles. The van der Waals surface area contributed by atoms with Gasteiger partial charge in [0, 0.05) is 18.1 Å². The first-order valence-electron chi connectivity index (χ1n) is 5.58. The van der Waals surface area contributed by atoms with Crippen LogP contribution in [0.15, 0.2) is 30.5 Å². The summed E-state index contributed by atoms with van der Waals surface area (Å²) in [4.78, 5) is 4.29. The molecule has 17 heavy (non-hydrogen) atoms. The van der Waals surface area contributed by atoms with E-state index in [1.807, 2.05) is 24.3 Å². The van der Waals surface area contributed by atoms with Crippen LogP contribution in [-0.2, 0) is 0 Å². The van der Waals surface area contributed by atoms with Gasteiger partial charge in [-0.3, -0.25) is 0 Å². The molecule has 4 heteroatoms. The van der Waals surface area contributed by atoms with Crippen LogP contribution in [-0.4, -0.2) is 18.1 Å². The van der Waals surface area contributed by atoms with Crippen LogP contribution in [0.25, 0.3) is 10.8 Å². The first kappa shape index (κ1) is 11.4. The lowest BCUT2D eigenvalue weighted by atomic mass is 10.1. The molecule has 0 unspecified atom stereocenters. The number of nitrogens with one attached hydrogen (secondary N) is 1. The average molecular weight is 226 g/mol. The third kappa shape index (κ3) is 2.52. The molecule has 0 spiro atoms. The molecule has 3 N–H and O–H groups in total. The van der Waals surface area contributed by atoms with Gasteiger partial charge in [-0.15, -0.1) is 0 Å². The Morgan fingerprint density at radius 2 is 2.24 bits per heavy atom. The van der Waals surface area contributed by atoms with E-state index in [0.29, 0.717) is 12.1 Å². The number of hydrogen-bond donors (Lipinski definition) is 2. The molecular formula is C13H14N4. The lowest BCUT2D eigenvalue weighted by molar-refractivity contribution is 0.871. The maximum Gasteiger partial charge on any atom is 0.133 e. The van der Waals surface area contributed by atoms with Crippen LogP contribution in [0.1, 0.15) is 12.0 Å². The van der Waals surface area contributed by atoms with Crippen LogP contribution in [0.3, 0.4) is 0 Å². The van der Waals surface area contributed by atoms with Crippen molar-refractivity contribution in [2.24, 2.45) is 5.73 Å². The largest absolute Gasteiger partial charge is 0.370 e. The number of nitriles is 1. The Morgan fingerprint density at radius 1 is 1.35 bits per heavy atom. The van der Waals surface area contributed by atoms with Gasteiger partial charge in [-0.05, 0) is 36.6 Å². The Bertz CT molecular complexity index is 557. The standard InChI is InChI=1S/C13H14N4/c14-5-1-6-16-13-12-8-10(9-15)2-3-11(12)4-7-17-13/h2-4,7-8H,1,5-6,14H2,(H,16,17). The zero-order valence-corrected chi connectivity index (χ0v) is 9.48. The van der Waals surface area contributed by atoms with Crippen LogP contribution < -0.4 is 11.1 Å². The van der Waals surface area contributed by atoms with Crippen molar-refractivity contribution in [1.29, 1.82) is 5.26 Å². The molecule has 1 aromatic carbocycles. The van der Waals surface area contributed by atoms with Crippen molar-refractivity contribution < 1.29 is 0 Å². The summed E-state index contributed by atoms with van der Waals surface area (Å²) in [5.41, 5.74) is 6.09. The Balaban J connectivity index is 2.37. The third-order valence-electron chi connectivity index (χ3n) is 2.57. The second-order valence-corrected chi connectivity index (χ2v) is 3.78. The molecule has 0 amide bonds. The first-order chi connectivity index (χ1) is 8.35. The van der Waals surface area contributed by atoms with Crippen molar-refractivity contribution in [3.05, 3.63) is 36.0 Å². The zero-order chi connectivity index (χ0) is 12.1. The van der Waals surface area contributed by atoms with Crippen LogP contribution >= 0.6 is 0 Å². The number of hydrogen-bond acceptors (Lipinski definition) is 4. The normalized spacial score (nSPS) is 10.1. The van der Waals surface area contributed by atoms with E-state index in [4.69, 9.17) is 11.0 Å². The number of pyridine rings is 1. The summed E-state index contributed by atoms with van der Waals surface area (Å²) >= 11 is 0. The van der Waals surface area contributed by atoms with Gasteiger partial charge in [-0.1, -0.05) is 6.07 Å². The van der Waals surface area contributed by atoms with E-state index in [2.05, 4.69) is 16.4 Å². The highest BCUT2D eigenvalue weighted by Crippen LogP contribution is 2.22. The van der Waals surface area contributed by atoms with E-state index in [0.717, 1.165) is 29.6 Å². The molecule has 2 rings (SSSR count). The molecule has 1 heterocycles. The number of fused-ring (bicyclic) bond motifs is 1. The van der Waals surface area contributed by atoms with Crippen LogP contribution in [0.2, 0.25) is 0 Å². The van der Waals surface area contributed by atoms with Gasteiger partial charge in [0.05, 0.1) is 11.6 Å². The fourth-order valence-corrected chi connectivity index (χ4v) is 1.69. The summed E-state index contributed by atoms with van der Waals surface area (Å²) in [7, 11) is 0. The maximum absolute atomic E-state index is 8.89. The average Bonchev–Trinajstić information content (AvgIpc) is 2.39. The van der Waals surface area contributed by atoms with Crippen molar-refractivity contribution >= 4 is 16.6 Å². The van der Waals surface area contributed by atoms with Gasteiger partial charge in [0.1, 0.15) is 5.82 Å². The number of anilines is 1. The fourth-order valence-electron chi connectivity index (χ4n) is 1.69. The van der Waals surface area contributed by atoms with Crippen LogP contribution in [0.5, 0.6) is 0 Å². The minimum atomic E-state index is 0.646. The van der Waals surface area contributed by atoms with Gasteiger partial charge in [0.25, 0.3) is 0 Å². The van der Waals surface area contributed by atoms with E-state index >= 15 is 0 Å². The molecule has 0 atom stereocenters. The summed E-state index contributed by atoms with van der Waals surface area (Å²) in [5, 5.41) is 14.2. The number of aromatic nitrogens is 1. The molecule has 0 saturated carbocycles. The highest BCUT2D eigenvalue weighted by atomic mass is 15.0. The lowest BCUT2D eigenvalue weighted by Crippen LogP contribution is -2.09. The minimum absolute atomic E-state index is 0.646. The van der Waals surface area contributed by atoms with Crippen molar-refractivity contribution in [3.8, 4) is 6.07 Å². The smallest absolute Gasteiger partial charge is 0.133 e. The Morgan fingerprint density at radius 3 is 3.00 bits per heavy atom. The maximum atomic E-state index is 8.89. The number of nitrogens with two attached hydrogens (primary N) is 1. The van der Waals surface area contributed by atoms with Crippen molar-refractivity contribution in [1.82, 2.24) is 4.98 Å². The molecule has 0 aliphatic heterocycles. The van der Waals surface area contributed by atoms with Gasteiger partial charge < -0.3 is 11.1 Å². The lowest BCUT2D eigenvalue weighted by Gasteiger charge is -2.08. The molecule has 2 aromatic rings. The van der Waals surface area contributed by atoms with E-state index in [1.54, 1.807) is 6.20 Å². The van der Waals surface area contributed by atoms with Gasteiger partial charge in [0.2, 0.25) is 0 Å². The molecule has 0 aliphatic carbocycles. The second kappa shape index (κ2) is 5.28. The molecule has 1 aromatic heterocycles. The first-order valence-corrected chi connectivity index (χ1v) is 5.58. The van der Waals surface area contributed by atoms with Gasteiger partial charge in [0.15, 0.2) is 0 Å². The Kier molecular flexibility index (Phi) is 3.53. The third-order valence-corrected chi connectivity index (χ3v) is 2.57.